The van der Waals surface area contributed by atoms with Gasteiger partial charge in [-0.25, -0.2) is 4.98 Å². The first kappa shape index (κ1) is 10.9. The van der Waals surface area contributed by atoms with Crippen molar-refractivity contribution in [1.29, 1.82) is 0 Å². The van der Waals surface area contributed by atoms with Crippen molar-refractivity contribution in [3.63, 3.8) is 0 Å². The van der Waals surface area contributed by atoms with E-state index >= 15 is 0 Å². The molecule has 1 aromatic heterocycles. The van der Waals surface area contributed by atoms with Crippen molar-refractivity contribution >= 4 is 11.8 Å². The molecular formula is C11H16N2OS. The van der Waals surface area contributed by atoms with Crippen LogP contribution in [0.2, 0.25) is 0 Å². The van der Waals surface area contributed by atoms with Gasteiger partial charge in [-0.1, -0.05) is 17.8 Å². The minimum absolute atomic E-state index is 0.364. The highest BCUT2D eigenvalue weighted by atomic mass is 32.2. The summed E-state index contributed by atoms with van der Waals surface area (Å²) in [4.78, 5) is 4.44. The average Bonchev–Trinajstić information content (AvgIpc) is 2.23. The number of nitrogens with one attached hydrogen (secondary N) is 1. The summed E-state index contributed by atoms with van der Waals surface area (Å²) in [6, 6.07) is 4.59. The number of nitrogens with zero attached hydrogens (tertiary/aromatic N) is 1. The smallest absolute Gasteiger partial charge is 0.0964 e. The zero-order chi connectivity index (χ0) is 10.7. The predicted molar refractivity (Wildman–Crippen MR) is 62.2 cm³/mol. The quantitative estimate of drug-likeness (QED) is 0.846. The van der Waals surface area contributed by atoms with Gasteiger partial charge in [-0.2, -0.15) is 0 Å². The number of aromatic nitrogens is 1. The minimum Gasteiger partial charge on any atom is -0.379 e. The summed E-state index contributed by atoms with van der Waals surface area (Å²) >= 11 is 1.80. The van der Waals surface area contributed by atoms with E-state index in [1.54, 1.807) is 11.8 Å². The van der Waals surface area contributed by atoms with E-state index in [-0.39, 0.29) is 0 Å². The molecule has 1 N–H and O–H groups in total. The molecule has 1 aliphatic heterocycles. The summed E-state index contributed by atoms with van der Waals surface area (Å²) in [5, 5.41) is 4.89. The summed E-state index contributed by atoms with van der Waals surface area (Å²) in [6.45, 7) is 3.85. The number of rotatable bonds is 4. The molecule has 15 heavy (non-hydrogen) atoms. The molecule has 1 aliphatic rings. The molecule has 3 nitrogen and oxygen atoms in total. The standard InChI is InChI=1S/C11H16N2OS/c1-8(12-2)9-3-4-11(13-5-9)15-10-6-14-7-10/h3-5,8,10,12H,6-7H2,1-2H3. The molecule has 0 spiro atoms. The van der Waals surface area contributed by atoms with Crippen LogP contribution in [0.5, 0.6) is 0 Å². The van der Waals surface area contributed by atoms with Crippen LogP contribution in [-0.2, 0) is 4.74 Å². The maximum absolute atomic E-state index is 5.13. The second-order valence-electron chi connectivity index (χ2n) is 3.72. The van der Waals surface area contributed by atoms with Crippen LogP contribution >= 0.6 is 11.8 Å². The molecule has 0 aromatic carbocycles. The molecule has 1 atom stereocenters. The molecule has 1 unspecified atom stereocenters. The van der Waals surface area contributed by atoms with E-state index in [4.69, 9.17) is 4.74 Å². The van der Waals surface area contributed by atoms with Crippen molar-refractivity contribution in [2.75, 3.05) is 20.3 Å². The fourth-order valence-electron chi connectivity index (χ4n) is 1.34. The molecule has 1 fully saturated rings. The maximum atomic E-state index is 5.13. The fraction of sp³-hybridized carbons (Fsp3) is 0.545. The van der Waals surface area contributed by atoms with Gasteiger partial charge in [0.1, 0.15) is 0 Å². The van der Waals surface area contributed by atoms with Crippen LogP contribution in [-0.4, -0.2) is 30.5 Å². The Hall–Kier alpha value is -0.580. The Morgan fingerprint density at radius 3 is 2.80 bits per heavy atom. The van der Waals surface area contributed by atoms with Gasteiger partial charge in [-0.05, 0) is 25.6 Å². The van der Waals surface area contributed by atoms with Crippen molar-refractivity contribution in [3.8, 4) is 0 Å². The van der Waals surface area contributed by atoms with Gasteiger partial charge in [0, 0.05) is 12.2 Å². The molecule has 82 valence electrons. The summed E-state index contributed by atoms with van der Waals surface area (Å²) in [6.07, 6.45) is 1.95. The lowest BCUT2D eigenvalue weighted by Crippen LogP contribution is -2.30. The van der Waals surface area contributed by atoms with Gasteiger partial charge in [0.2, 0.25) is 0 Å². The lowest BCUT2D eigenvalue weighted by atomic mass is 10.1. The molecule has 1 aromatic rings. The van der Waals surface area contributed by atoms with Gasteiger partial charge >= 0.3 is 0 Å². The van der Waals surface area contributed by atoms with Crippen LogP contribution in [0.25, 0.3) is 0 Å². The minimum atomic E-state index is 0.364. The average molecular weight is 224 g/mol. The van der Waals surface area contributed by atoms with Crippen LogP contribution in [0, 0.1) is 0 Å². The highest BCUT2D eigenvalue weighted by Crippen LogP contribution is 2.26. The van der Waals surface area contributed by atoms with E-state index in [9.17, 15) is 0 Å². The Morgan fingerprint density at radius 1 is 1.53 bits per heavy atom. The lowest BCUT2D eigenvalue weighted by Gasteiger charge is -2.24. The zero-order valence-corrected chi connectivity index (χ0v) is 9.88. The van der Waals surface area contributed by atoms with E-state index in [0.29, 0.717) is 11.3 Å². The Morgan fingerprint density at radius 2 is 2.33 bits per heavy atom. The monoisotopic (exact) mass is 224 g/mol. The van der Waals surface area contributed by atoms with E-state index in [0.717, 1.165) is 18.2 Å². The highest BCUT2D eigenvalue weighted by Gasteiger charge is 2.19. The summed E-state index contributed by atoms with van der Waals surface area (Å²) in [7, 11) is 1.96. The largest absolute Gasteiger partial charge is 0.379 e. The van der Waals surface area contributed by atoms with Gasteiger partial charge in [0.15, 0.2) is 0 Å². The van der Waals surface area contributed by atoms with Gasteiger partial charge in [0.05, 0.1) is 23.5 Å². The second-order valence-corrected chi connectivity index (χ2v) is 5.04. The van der Waals surface area contributed by atoms with Crippen molar-refractivity contribution in [1.82, 2.24) is 10.3 Å². The lowest BCUT2D eigenvalue weighted by molar-refractivity contribution is 0.0454. The molecule has 0 saturated carbocycles. The van der Waals surface area contributed by atoms with Crippen molar-refractivity contribution in [3.05, 3.63) is 23.9 Å². The maximum Gasteiger partial charge on any atom is 0.0964 e. The molecule has 2 heterocycles. The van der Waals surface area contributed by atoms with Crippen LogP contribution in [0.1, 0.15) is 18.5 Å². The molecule has 0 aliphatic carbocycles. The zero-order valence-electron chi connectivity index (χ0n) is 9.06. The van der Waals surface area contributed by atoms with E-state index in [2.05, 4.69) is 29.4 Å². The van der Waals surface area contributed by atoms with E-state index in [1.807, 2.05) is 13.2 Å². The Bertz CT molecular complexity index is 311. The molecule has 4 heteroatoms. The van der Waals surface area contributed by atoms with Crippen LogP contribution in [0.15, 0.2) is 23.4 Å². The van der Waals surface area contributed by atoms with Gasteiger partial charge in [-0.3, -0.25) is 0 Å². The summed E-state index contributed by atoms with van der Waals surface area (Å²) in [5.41, 5.74) is 1.23. The molecule has 0 bridgehead atoms. The second kappa shape index (κ2) is 4.96. The Labute approximate surface area is 94.6 Å². The molecule has 2 rings (SSSR count). The molecule has 0 amide bonds. The Balaban J connectivity index is 1.96. The predicted octanol–water partition coefficient (Wildman–Crippen LogP) is 1.85. The number of hydrogen-bond donors (Lipinski definition) is 1. The van der Waals surface area contributed by atoms with Crippen LogP contribution < -0.4 is 5.32 Å². The first-order valence-electron chi connectivity index (χ1n) is 5.17. The number of pyridine rings is 1. The third-order valence-corrected chi connectivity index (χ3v) is 3.68. The Kier molecular flexibility index (Phi) is 3.61. The van der Waals surface area contributed by atoms with Crippen LogP contribution in [0.4, 0.5) is 0 Å². The summed E-state index contributed by atoms with van der Waals surface area (Å²) in [5.74, 6) is 0. The van der Waals surface area contributed by atoms with E-state index in [1.165, 1.54) is 5.56 Å². The number of thioether (sulfide) groups is 1. The van der Waals surface area contributed by atoms with Gasteiger partial charge < -0.3 is 10.1 Å². The number of ether oxygens (including phenoxy) is 1. The van der Waals surface area contributed by atoms with Crippen molar-refractivity contribution in [2.45, 2.75) is 23.2 Å². The third-order valence-electron chi connectivity index (χ3n) is 2.59. The number of hydrogen-bond acceptors (Lipinski definition) is 4. The topological polar surface area (TPSA) is 34.1 Å². The normalized spacial score (nSPS) is 18.5. The SMILES string of the molecule is CNC(C)c1ccc(SC2COC2)nc1. The van der Waals surface area contributed by atoms with Crippen molar-refractivity contribution in [2.24, 2.45) is 0 Å². The summed E-state index contributed by atoms with van der Waals surface area (Å²) < 4.78 is 5.13. The van der Waals surface area contributed by atoms with Gasteiger partial charge in [-0.15, -0.1) is 0 Å². The van der Waals surface area contributed by atoms with E-state index < -0.39 is 0 Å². The highest BCUT2D eigenvalue weighted by molar-refractivity contribution is 8.00. The first-order valence-corrected chi connectivity index (χ1v) is 6.05. The van der Waals surface area contributed by atoms with Crippen molar-refractivity contribution < 1.29 is 4.74 Å². The molecular weight excluding hydrogens is 208 g/mol. The fourth-order valence-corrected chi connectivity index (χ4v) is 2.27. The first-order chi connectivity index (χ1) is 7.29. The molecule has 0 radical (unpaired) electrons. The van der Waals surface area contributed by atoms with Crippen LogP contribution in [0.3, 0.4) is 0 Å². The molecule has 1 saturated heterocycles. The third kappa shape index (κ3) is 2.71. The van der Waals surface area contributed by atoms with Gasteiger partial charge in [0.25, 0.3) is 0 Å².